The molecular weight excluding hydrogens is 358 g/mol. The average Bonchev–Trinajstić information content (AvgIpc) is 3.01. The maximum absolute atomic E-state index is 14.4. The fraction of sp³-hybridized carbons (Fsp3) is 0.368. The van der Waals surface area contributed by atoms with Crippen LogP contribution in [0.1, 0.15) is 17.9 Å². The van der Waals surface area contributed by atoms with Crippen LogP contribution in [0.15, 0.2) is 35.3 Å². The normalized spacial score (nSPS) is 16.8. The van der Waals surface area contributed by atoms with Crippen molar-refractivity contribution in [2.75, 3.05) is 32.3 Å². The van der Waals surface area contributed by atoms with Crippen molar-refractivity contribution >= 4 is 11.6 Å². The molecule has 1 fully saturated rings. The summed E-state index contributed by atoms with van der Waals surface area (Å²) in [5.41, 5.74) is -0.322. The van der Waals surface area contributed by atoms with Crippen LogP contribution in [-0.2, 0) is 16.1 Å². The molecule has 2 aromatic rings. The van der Waals surface area contributed by atoms with E-state index in [2.05, 4.69) is 0 Å². The van der Waals surface area contributed by atoms with Crippen LogP contribution in [-0.4, -0.2) is 37.8 Å². The number of anilines is 1. The number of amides is 1. The van der Waals surface area contributed by atoms with E-state index >= 15 is 0 Å². The first-order valence-corrected chi connectivity index (χ1v) is 8.48. The van der Waals surface area contributed by atoms with Gasteiger partial charge in [-0.15, -0.1) is 0 Å². The van der Waals surface area contributed by atoms with Gasteiger partial charge in [0, 0.05) is 56.4 Å². The SMILES string of the molecule is COCCn1cccc(N2C[C@@H](c3c(F)cc(OC)cc3F)CC2=O)c1=O. The zero-order valence-corrected chi connectivity index (χ0v) is 15.1. The lowest BCUT2D eigenvalue weighted by molar-refractivity contribution is -0.117. The van der Waals surface area contributed by atoms with Crippen molar-refractivity contribution in [2.24, 2.45) is 0 Å². The third kappa shape index (κ3) is 3.71. The van der Waals surface area contributed by atoms with Crippen LogP contribution in [0.5, 0.6) is 5.75 Å². The highest BCUT2D eigenvalue weighted by molar-refractivity contribution is 5.96. The molecule has 0 radical (unpaired) electrons. The van der Waals surface area contributed by atoms with Crippen LogP contribution >= 0.6 is 0 Å². The lowest BCUT2D eigenvalue weighted by Gasteiger charge is -2.18. The second kappa shape index (κ2) is 7.87. The summed E-state index contributed by atoms with van der Waals surface area (Å²) in [5, 5.41) is 0. The van der Waals surface area contributed by atoms with Crippen molar-refractivity contribution in [2.45, 2.75) is 18.9 Å². The topological polar surface area (TPSA) is 60.8 Å². The van der Waals surface area contributed by atoms with Crippen molar-refractivity contribution < 1.29 is 23.0 Å². The summed E-state index contributed by atoms with van der Waals surface area (Å²) in [6, 6.07) is 5.37. The Balaban J connectivity index is 1.90. The van der Waals surface area contributed by atoms with Crippen molar-refractivity contribution in [3.8, 4) is 5.75 Å². The molecule has 0 spiro atoms. The fourth-order valence-corrected chi connectivity index (χ4v) is 3.30. The maximum atomic E-state index is 14.4. The minimum atomic E-state index is -0.767. The second-order valence-electron chi connectivity index (χ2n) is 6.29. The number of aromatic nitrogens is 1. The van der Waals surface area contributed by atoms with Crippen LogP contribution in [0, 0.1) is 11.6 Å². The van der Waals surface area contributed by atoms with Gasteiger partial charge < -0.3 is 18.9 Å². The van der Waals surface area contributed by atoms with E-state index in [-0.39, 0.29) is 41.4 Å². The van der Waals surface area contributed by atoms with Gasteiger partial charge in [0.1, 0.15) is 23.1 Å². The van der Waals surface area contributed by atoms with E-state index in [4.69, 9.17) is 9.47 Å². The molecule has 1 aromatic heterocycles. The van der Waals surface area contributed by atoms with Gasteiger partial charge in [0.05, 0.1) is 13.7 Å². The van der Waals surface area contributed by atoms with Gasteiger partial charge >= 0.3 is 0 Å². The van der Waals surface area contributed by atoms with Crippen LogP contribution in [0.25, 0.3) is 0 Å². The lowest BCUT2D eigenvalue weighted by atomic mass is 9.97. The molecule has 0 unspecified atom stereocenters. The number of benzene rings is 1. The molecule has 3 rings (SSSR count). The van der Waals surface area contributed by atoms with Crippen molar-refractivity contribution in [3.05, 3.63) is 58.0 Å². The number of ether oxygens (including phenoxy) is 2. The Morgan fingerprint density at radius 2 is 1.89 bits per heavy atom. The predicted octanol–water partition coefficient (Wildman–Crippen LogP) is 2.30. The van der Waals surface area contributed by atoms with E-state index in [9.17, 15) is 18.4 Å². The summed E-state index contributed by atoms with van der Waals surface area (Å²) in [5.74, 6) is -2.50. The molecule has 1 aliphatic heterocycles. The van der Waals surface area contributed by atoms with E-state index in [0.29, 0.717) is 13.2 Å². The number of pyridine rings is 1. The standard InChI is InChI=1S/C19H20F2N2O4/c1-26-7-6-22-5-3-4-16(19(22)25)23-11-12(8-17(23)24)18-14(20)9-13(27-2)10-15(18)21/h3-5,9-10,12H,6-8,11H2,1-2H3/t12-/m0/s1. The molecule has 1 amide bonds. The molecule has 144 valence electrons. The summed E-state index contributed by atoms with van der Waals surface area (Å²) in [6.45, 7) is 0.723. The molecule has 8 heteroatoms. The van der Waals surface area contributed by atoms with Gasteiger partial charge in [-0.3, -0.25) is 9.59 Å². The molecule has 0 saturated carbocycles. The number of methoxy groups -OCH3 is 2. The van der Waals surface area contributed by atoms with Gasteiger partial charge in [0.2, 0.25) is 5.91 Å². The largest absolute Gasteiger partial charge is 0.497 e. The van der Waals surface area contributed by atoms with Gasteiger partial charge in [-0.1, -0.05) is 0 Å². The quantitative estimate of drug-likeness (QED) is 0.774. The van der Waals surface area contributed by atoms with Gasteiger partial charge in [-0.25, -0.2) is 8.78 Å². The zero-order chi connectivity index (χ0) is 19.6. The van der Waals surface area contributed by atoms with E-state index in [0.717, 1.165) is 12.1 Å². The highest BCUT2D eigenvalue weighted by Crippen LogP contribution is 2.35. The number of carbonyl (C=O) groups excluding carboxylic acids is 1. The minimum absolute atomic E-state index is 0.0303. The van der Waals surface area contributed by atoms with Gasteiger partial charge in [-0.2, -0.15) is 0 Å². The summed E-state index contributed by atoms with van der Waals surface area (Å²) < 4.78 is 40.0. The van der Waals surface area contributed by atoms with Crippen molar-refractivity contribution in [3.63, 3.8) is 0 Å². The zero-order valence-electron chi connectivity index (χ0n) is 15.1. The third-order valence-corrected chi connectivity index (χ3v) is 4.65. The van der Waals surface area contributed by atoms with Crippen molar-refractivity contribution in [1.82, 2.24) is 4.57 Å². The van der Waals surface area contributed by atoms with E-state index in [1.54, 1.807) is 12.3 Å². The van der Waals surface area contributed by atoms with Crippen LogP contribution in [0.4, 0.5) is 14.5 Å². The fourth-order valence-electron chi connectivity index (χ4n) is 3.30. The molecule has 1 saturated heterocycles. The molecule has 0 aliphatic carbocycles. The molecule has 1 aliphatic rings. The molecule has 2 heterocycles. The average molecular weight is 378 g/mol. The first kappa shape index (κ1) is 19.0. The molecule has 0 N–H and O–H groups in total. The Hall–Kier alpha value is -2.74. The Morgan fingerprint density at radius 1 is 1.19 bits per heavy atom. The van der Waals surface area contributed by atoms with E-state index in [1.807, 2.05) is 0 Å². The predicted molar refractivity (Wildman–Crippen MR) is 95.2 cm³/mol. The Labute approximate surface area is 154 Å². The molecule has 1 atom stereocenters. The number of hydrogen-bond acceptors (Lipinski definition) is 4. The van der Waals surface area contributed by atoms with Crippen LogP contribution < -0.4 is 15.2 Å². The first-order chi connectivity index (χ1) is 13.0. The smallest absolute Gasteiger partial charge is 0.274 e. The second-order valence-corrected chi connectivity index (χ2v) is 6.29. The summed E-state index contributed by atoms with van der Waals surface area (Å²) in [4.78, 5) is 26.4. The molecule has 1 aromatic carbocycles. The maximum Gasteiger partial charge on any atom is 0.274 e. The number of hydrogen-bond donors (Lipinski definition) is 0. The van der Waals surface area contributed by atoms with Gasteiger partial charge in [0.15, 0.2) is 0 Å². The van der Waals surface area contributed by atoms with E-state index in [1.165, 1.54) is 29.8 Å². The Morgan fingerprint density at radius 3 is 2.52 bits per heavy atom. The van der Waals surface area contributed by atoms with Crippen LogP contribution in [0.2, 0.25) is 0 Å². The van der Waals surface area contributed by atoms with Gasteiger partial charge in [0.25, 0.3) is 5.56 Å². The molecule has 0 bridgehead atoms. The van der Waals surface area contributed by atoms with E-state index < -0.39 is 17.6 Å². The highest BCUT2D eigenvalue weighted by Gasteiger charge is 2.36. The number of rotatable bonds is 6. The number of halogens is 2. The number of carbonyl (C=O) groups is 1. The lowest BCUT2D eigenvalue weighted by Crippen LogP contribution is -2.33. The molecule has 6 nitrogen and oxygen atoms in total. The Bertz CT molecular complexity index is 890. The summed E-state index contributed by atoms with van der Waals surface area (Å²) in [7, 11) is 2.85. The van der Waals surface area contributed by atoms with Crippen molar-refractivity contribution in [1.29, 1.82) is 0 Å². The Kier molecular flexibility index (Phi) is 5.55. The molecular formula is C19H20F2N2O4. The minimum Gasteiger partial charge on any atom is -0.497 e. The number of nitrogens with zero attached hydrogens (tertiary/aromatic N) is 2. The van der Waals surface area contributed by atoms with Gasteiger partial charge in [-0.05, 0) is 12.1 Å². The first-order valence-electron chi connectivity index (χ1n) is 8.48. The third-order valence-electron chi connectivity index (χ3n) is 4.65. The summed E-state index contributed by atoms with van der Waals surface area (Å²) >= 11 is 0. The summed E-state index contributed by atoms with van der Waals surface area (Å²) in [6.07, 6.45) is 1.53. The monoisotopic (exact) mass is 378 g/mol. The van der Waals surface area contributed by atoms with Crippen LogP contribution in [0.3, 0.4) is 0 Å². The highest BCUT2D eigenvalue weighted by atomic mass is 19.1. The molecule has 27 heavy (non-hydrogen) atoms.